The van der Waals surface area contributed by atoms with Gasteiger partial charge in [0.15, 0.2) is 0 Å². The molecular weight excluding hydrogens is 276 g/mol. The lowest BCUT2D eigenvalue weighted by Gasteiger charge is -2.00. The minimum absolute atomic E-state index is 0.0463. The number of rotatable bonds is 3. The number of aromatic nitrogens is 2. The Morgan fingerprint density at radius 3 is 2.44 bits per heavy atom. The van der Waals surface area contributed by atoms with Crippen LogP contribution in [-0.2, 0) is 17.2 Å². The van der Waals surface area contributed by atoms with Crippen LogP contribution in [0.4, 0.5) is 0 Å². The van der Waals surface area contributed by atoms with E-state index in [2.05, 4.69) is 5.10 Å². The van der Waals surface area contributed by atoms with E-state index in [1.807, 2.05) is 12.1 Å². The van der Waals surface area contributed by atoms with Gasteiger partial charge in [0.2, 0.25) is 0 Å². The molecule has 2 rings (SSSR count). The number of hydrogen-bond acceptors (Lipinski definition) is 4. The summed E-state index contributed by atoms with van der Waals surface area (Å²) in [5.74, 6) is 0.0463. The molecule has 96 valence electrons. The molecule has 0 aliphatic heterocycles. The van der Waals surface area contributed by atoms with Crippen LogP contribution in [0.3, 0.4) is 0 Å². The van der Waals surface area contributed by atoms with Crippen LogP contribution < -0.4 is 4.18 Å². The predicted octanol–water partition coefficient (Wildman–Crippen LogP) is 2.08. The second-order valence-corrected chi connectivity index (χ2v) is 5.80. The van der Waals surface area contributed by atoms with Crippen molar-refractivity contribution < 1.29 is 12.6 Å². The summed E-state index contributed by atoms with van der Waals surface area (Å²) in [7, 11) is -1.86. The van der Waals surface area contributed by atoms with E-state index in [-0.39, 0.29) is 5.88 Å². The number of nitrogens with zero attached hydrogens (tertiary/aromatic N) is 2. The molecule has 0 N–H and O–H groups in total. The highest BCUT2D eigenvalue weighted by atomic mass is 35.5. The topological polar surface area (TPSA) is 61.2 Å². The molecule has 0 amide bonds. The average Bonchev–Trinajstić information content (AvgIpc) is 2.58. The van der Waals surface area contributed by atoms with E-state index in [1.54, 1.807) is 29.9 Å². The zero-order valence-electron chi connectivity index (χ0n) is 9.79. The van der Waals surface area contributed by atoms with Gasteiger partial charge in [0.1, 0.15) is 0 Å². The lowest BCUT2D eigenvalue weighted by molar-refractivity contribution is 0.477. The SMILES string of the molecule is Cn1nc(OS(C)(=O)=O)cc1-c1ccc(Cl)cc1. The maximum Gasteiger partial charge on any atom is 0.307 e. The molecule has 5 nitrogen and oxygen atoms in total. The Bertz CT molecular complexity index is 662. The van der Waals surface area contributed by atoms with E-state index in [4.69, 9.17) is 15.8 Å². The molecule has 0 saturated heterocycles. The van der Waals surface area contributed by atoms with Crippen molar-refractivity contribution in [1.29, 1.82) is 0 Å². The number of benzene rings is 1. The van der Waals surface area contributed by atoms with Crippen LogP contribution in [0, 0.1) is 0 Å². The van der Waals surface area contributed by atoms with Gasteiger partial charge >= 0.3 is 10.1 Å². The van der Waals surface area contributed by atoms with Crippen LogP contribution in [0.5, 0.6) is 5.88 Å². The Balaban J connectivity index is 2.38. The Labute approximate surface area is 110 Å². The summed E-state index contributed by atoms with van der Waals surface area (Å²) in [5.41, 5.74) is 1.61. The van der Waals surface area contributed by atoms with Gasteiger partial charge in [-0.3, -0.25) is 4.68 Å². The van der Waals surface area contributed by atoms with Crippen LogP contribution in [-0.4, -0.2) is 24.5 Å². The molecule has 1 aromatic heterocycles. The van der Waals surface area contributed by atoms with Gasteiger partial charge in [-0.15, -0.1) is 5.10 Å². The average molecular weight is 287 g/mol. The summed E-state index contributed by atoms with van der Waals surface area (Å²) in [5, 5.41) is 4.61. The van der Waals surface area contributed by atoms with Gasteiger partial charge in [-0.1, -0.05) is 23.7 Å². The second kappa shape index (κ2) is 4.62. The van der Waals surface area contributed by atoms with Crippen LogP contribution in [0.15, 0.2) is 30.3 Å². The molecule has 2 aromatic rings. The molecule has 0 spiro atoms. The molecule has 0 aliphatic rings. The maximum absolute atomic E-state index is 11.0. The molecular formula is C11H11ClN2O3S. The fourth-order valence-electron chi connectivity index (χ4n) is 1.53. The van der Waals surface area contributed by atoms with Crippen molar-refractivity contribution in [3.05, 3.63) is 35.4 Å². The summed E-state index contributed by atoms with van der Waals surface area (Å²) < 4.78 is 28.3. The molecule has 0 fully saturated rings. The smallest absolute Gasteiger partial charge is 0.307 e. The Morgan fingerprint density at radius 2 is 1.89 bits per heavy atom. The Kier molecular flexibility index (Phi) is 3.32. The van der Waals surface area contributed by atoms with Gasteiger partial charge in [-0.05, 0) is 12.1 Å². The first-order chi connectivity index (χ1) is 8.35. The molecule has 0 saturated carbocycles. The minimum Gasteiger partial charge on any atom is -0.360 e. The highest BCUT2D eigenvalue weighted by Crippen LogP contribution is 2.24. The maximum atomic E-state index is 11.0. The highest BCUT2D eigenvalue weighted by molar-refractivity contribution is 7.86. The van der Waals surface area contributed by atoms with E-state index in [0.717, 1.165) is 17.5 Å². The van der Waals surface area contributed by atoms with Crippen molar-refractivity contribution in [2.75, 3.05) is 6.26 Å². The third-order valence-electron chi connectivity index (χ3n) is 2.23. The van der Waals surface area contributed by atoms with E-state index in [0.29, 0.717) is 5.02 Å². The minimum atomic E-state index is -3.57. The molecule has 0 bridgehead atoms. The van der Waals surface area contributed by atoms with Crippen LogP contribution in [0.25, 0.3) is 11.3 Å². The van der Waals surface area contributed by atoms with E-state index in [1.165, 1.54) is 0 Å². The van der Waals surface area contributed by atoms with Crippen LogP contribution >= 0.6 is 11.6 Å². The van der Waals surface area contributed by atoms with Crippen molar-refractivity contribution >= 4 is 21.7 Å². The Hall–Kier alpha value is -1.53. The van der Waals surface area contributed by atoms with Gasteiger partial charge in [-0.2, -0.15) is 8.42 Å². The van der Waals surface area contributed by atoms with E-state index in [9.17, 15) is 8.42 Å². The van der Waals surface area contributed by atoms with Crippen molar-refractivity contribution in [3.8, 4) is 17.1 Å². The molecule has 0 radical (unpaired) electrons. The predicted molar refractivity (Wildman–Crippen MR) is 69.1 cm³/mol. The zero-order chi connectivity index (χ0) is 13.3. The molecule has 0 atom stereocenters. The third kappa shape index (κ3) is 3.02. The second-order valence-electron chi connectivity index (χ2n) is 3.79. The number of hydrogen-bond donors (Lipinski definition) is 0. The summed E-state index contributed by atoms with van der Waals surface area (Å²) in [4.78, 5) is 0. The summed E-state index contributed by atoms with van der Waals surface area (Å²) >= 11 is 5.80. The number of aryl methyl sites for hydroxylation is 1. The van der Waals surface area contributed by atoms with Crippen LogP contribution in [0.2, 0.25) is 5.02 Å². The van der Waals surface area contributed by atoms with Crippen molar-refractivity contribution in [1.82, 2.24) is 9.78 Å². The molecule has 7 heteroatoms. The fraction of sp³-hybridized carbons (Fsp3) is 0.182. The molecule has 1 aromatic carbocycles. The third-order valence-corrected chi connectivity index (χ3v) is 2.96. The van der Waals surface area contributed by atoms with Crippen molar-refractivity contribution in [2.24, 2.45) is 7.05 Å². The first-order valence-corrected chi connectivity index (χ1v) is 7.24. The molecule has 0 aliphatic carbocycles. The van der Waals surface area contributed by atoms with Gasteiger partial charge in [0.05, 0.1) is 11.9 Å². The number of halogens is 1. The Morgan fingerprint density at radius 1 is 1.28 bits per heavy atom. The molecule has 1 heterocycles. The van der Waals surface area contributed by atoms with Gasteiger partial charge in [0.25, 0.3) is 5.88 Å². The summed E-state index contributed by atoms with van der Waals surface area (Å²) in [6.45, 7) is 0. The first-order valence-electron chi connectivity index (χ1n) is 5.04. The van der Waals surface area contributed by atoms with Gasteiger partial charge < -0.3 is 4.18 Å². The normalized spacial score (nSPS) is 11.5. The van der Waals surface area contributed by atoms with E-state index < -0.39 is 10.1 Å². The van der Waals surface area contributed by atoms with E-state index >= 15 is 0 Å². The monoisotopic (exact) mass is 286 g/mol. The van der Waals surface area contributed by atoms with Crippen molar-refractivity contribution in [2.45, 2.75) is 0 Å². The molecule has 0 unspecified atom stereocenters. The standard InChI is InChI=1S/C11H11ClN2O3S/c1-14-10(8-3-5-9(12)6-4-8)7-11(13-14)17-18(2,15)16/h3-7H,1-2H3. The van der Waals surface area contributed by atoms with Gasteiger partial charge in [-0.25, -0.2) is 0 Å². The largest absolute Gasteiger partial charge is 0.360 e. The zero-order valence-corrected chi connectivity index (χ0v) is 11.4. The quantitative estimate of drug-likeness (QED) is 0.811. The lowest BCUT2D eigenvalue weighted by Crippen LogP contribution is -2.06. The highest BCUT2D eigenvalue weighted by Gasteiger charge is 2.12. The fourth-order valence-corrected chi connectivity index (χ4v) is 2.05. The van der Waals surface area contributed by atoms with Crippen LogP contribution in [0.1, 0.15) is 0 Å². The first kappa shape index (κ1) is 12.9. The summed E-state index contributed by atoms with van der Waals surface area (Å²) in [6, 6.07) is 8.71. The summed E-state index contributed by atoms with van der Waals surface area (Å²) in [6.07, 6.45) is 0.976. The molecule has 18 heavy (non-hydrogen) atoms. The van der Waals surface area contributed by atoms with Gasteiger partial charge in [0, 0.05) is 23.7 Å². The van der Waals surface area contributed by atoms with Crippen molar-refractivity contribution in [3.63, 3.8) is 0 Å². The lowest BCUT2D eigenvalue weighted by atomic mass is 10.1.